The molecule has 0 spiro atoms. The van der Waals surface area contributed by atoms with Crippen LogP contribution in [0.15, 0.2) is 114 Å². The first-order valence-corrected chi connectivity index (χ1v) is 15.9. The molecule has 4 aromatic rings. The van der Waals surface area contributed by atoms with Gasteiger partial charge in [-0.05, 0) is 37.5 Å². The second-order valence-electron chi connectivity index (χ2n) is 9.17. The number of nitrogens with zero attached hydrogens (tertiary/aromatic N) is 2. The molecule has 0 saturated heterocycles. The van der Waals surface area contributed by atoms with Crippen molar-refractivity contribution in [1.29, 1.82) is 0 Å². The van der Waals surface area contributed by atoms with Gasteiger partial charge in [0.25, 0.3) is 0 Å². The molecule has 0 aliphatic carbocycles. The van der Waals surface area contributed by atoms with E-state index in [1.54, 1.807) is 60.7 Å². The van der Waals surface area contributed by atoms with Crippen molar-refractivity contribution < 1.29 is 25.7 Å². The Labute approximate surface area is 242 Å². The third-order valence-electron chi connectivity index (χ3n) is 5.90. The van der Waals surface area contributed by atoms with Gasteiger partial charge in [-0.1, -0.05) is 133 Å². The first-order valence-electron chi connectivity index (χ1n) is 12.2. The van der Waals surface area contributed by atoms with E-state index in [0.29, 0.717) is 17.0 Å². The summed E-state index contributed by atoms with van der Waals surface area (Å²) in [5, 5.41) is 0. The number of benzene rings is 4. The fraction of sp³-hybridized carbons (Fsp3) is 0.226. The molecular weight excluding hydrogens is 601 g/mol. The average molecular weight is 634 g/mol. The van der Waals surface area contributed by atoms with Crippen LogP contribution in [0.3, 0.4) is 0 Å². The predicted molar refractivity (Wildman–Crippen MR) is 155 cm³/mol. The summed E-state index contributed by atoms with van der Waals surface area (Å²) in [6.45, 7) is 8.43. The zero-order chi connectivity index (χ0) is 28.1. The molecular formula is C31H33ClN2O2RuS. The number of rotatable bonds is 7. The Bertz CT molecular complexity index is 1320. The van der Waals surface area contributed by atoms with Crippen LogP contribution in [-0.2, 0) is 27.3 Å². The molecule has 0 saturated carbocycles. The first-order chi connectivity index (χ1) is 18.2. The molecule has 7 heteroatoms. The zero-order valence-corrected chi connectivity index (χ0v) is 25.3. The normalized spacial score (nSPS) is 12.4. The third-order valence-corrected chi connectivity index (χ3v) is 7.27. The molecule has 0 N–H and O–H groups in total. The third kappa shape index (κ3) is 9.76. The van der Waals surface area contributed by atoms with Gasteiger partial charge in [-0.15, -0.1) is 12.1 Å². The fourth-order valence-corrected chi connectivity index (χ4v) is 4.79. The average Bonchev–Trinajstić information content (AvgIpc) is 2.94. The van der Waals surface area contributed by atoms with E-state index >= 15 is 0 Å². The Morgan fingerprint density at radius 1 is 0.658 bits per heavy atom. The van der Waals surface area contributed by atoms with Crippen LogP contribution in [0.1, 0.15) is 59.7 Å². The Balaban J connectivity index is 0.000000353. The molecule has 0 aliphatic rings. The summed E-state index contributed by atoms with van der Waals surface area (Å²) in [5.41, 5.74) is 15.8. The maximum atomic E-state index is 12.8. The molecule has 4 rings (SSSR count). The van der Waals surface area contributed by atoms with Crippen LogP contribution in [0.25, 0.3) is 10.5 Å². The van der Waals surface area contributed by atoms with Crippen LogP contribution in [0.5, 0.6) is 0 Å². The Morgan fingerprint density at radius 2 is 1.08 bits per heavy atom. The second-order valence-corrected chi connectivity index (χ2v) is 10.8. The summed E-state index contributed by atoms with van der Waals surface area (Å²) in [6, 6.07) is 31.2. The predicted octanol–water partition coefficient (Wildman–Crippen LogP) is 9.18. The molecule has 0 fully saturated rings. The minimum absolute atomic E-state index is 0.115. The number of hydrogen-bond acceptors (Lipinski definition) is 2. The van der Waals surface area contributed by atoms with E-state index in [-0.39, 0.29) is 4.90 Å². The molecule has 38 heavy (non-hydrogen) atoms. The van der Waals surface area contributed by atoms with Gasteiger partial charge in [-0.2, -0.15) is 0 Å². The van der Waals surface area contributed by atoms with Gasteiger partial charge in [0.1, 0.15) is 10.0 Å². The van der Waals surface area contributed by atoms with Crippen molar-refractivity contribution in [1.82, 2.24) is 0 Å². The zero-order valence-electron chi connectivity index (χ0n) is 22.0. The van der Waals surface area contributed by atoms with Gasteiger partial charge >= 0.3 is 27.0 Å². The molecule has 0 bridgehead atoms. The summed E-state index contributed by atoms with van der Waals surface area (Å²) in [5.74, 6) is 0.653. The summed E-state index contributed by atoms with van der Waals surface area (Å²) in [7, 11) is 0.656. The van der Waals surface area contributed by atoms with Crippen molar-refractivity contribution >= 4 is 19.7 Å². The van der Waals surface area contributed by atoms with Crippen molar-refractivity contribution in [2.45, 2.75) is 50.6 Å². The van der Waals surface area contributed by atoms with E-state index in [4.69, 9.17) is 0 Å². The Morgan fingerprint density at radius 3 is 1.53 bits per heavy atom. The van der Waals surface area contributed by atoms with Crippen molar-refractivity contribution in [3.63, 3.8) is 0 Å². The molecule has 4 nitrogen and oxygen atoms in total. The second kappa shape index (κ2) is 15.9. The SMILES string of the molecule is Cc1ccc(C(C)C)cc1.Cc1ccc(S(=O)(=O)[N-][C@@H](c2ccccc2)[C@@H]([N-])c2ccccc2)cc1.[Cl][Ru+2]. The standard InChI is InChI=1S/C21H19N2O2S.C10H14.ClH.Ru/c1-16-12-14-19(15-13-16)26(24,25)23-21(18-10-6-3-7-11-18)20(22)17-8-4-2-5-9-17;1-8(2)10-6-4-9(3)5-7-10;;/h2-15,20-21H,1H3;4-8H,1-3H3;1H;/q-2;;;+3/p-1/t20-,21-;;;/m0.../s1. The van der Waals surface area contributed by atoms with E-state index < -0.39 is 22.1 Å². The van der Waals surface area contributed by atoms with Crippen molar-refractivity contribution in [3.05, 3.63) is 147 Å². The monoisotopic (exact) mass is 634 g/mol. The molecule has 0 amide bonds. The van der Waals surface area contributed by atoms with Crippen molar-refractivity contribution in [2.24, 2.45) is 0 Å². The van der Waals surface area contributed by atoms with Gasteiger partial charge in [-0.3, -0.25) is 0 Å². The summed E-state index contributed by atoms with van der Waals surface area (Å²) in [4.78, 5) is 0.115. The summed E-state index contributed by atoms with van der Waals surface area (Å²) < 4.78 is 29.6. The van der Waals surface area contributed by atoms with Gasteiger partial charge < -0.3 is 10.5 Å². The van der Waals surface area contributed by atoms with Crippen LogP contribution in [0.2, 0.25) is 0 Å². The first kappa shape index (κ1) is 31.9. The Hall–Kier alpha value is -2.34. The van der Waals surface area contributed by atoms with Gasteiger partial charge in [0, 0.05) is 4.90 Å². The van der Waals surface area contributed by atoms with Crippen LogP contribution in [0.4, 0.5) is 0 Å². The van der Waals surface area contributed by atoms with Crippen LogP contribution in [0, 0.1) is 13.8 Å². The molecule has 0 aromatic heterocycles. The Kier molecular flexibility index (Phi) is 13.4. The molecule has 4 aromatic carbocycles. The van der Waals surface area contributed by atoms with Gasteiger partial charge in [0.15, 0.2) is 0 Å². The molecule has 0 aliphatic heterocycles. The minimum atomic E-state index is -3.91. The van der Waals surface area contributed by atoms with Crippen LogP contribution in [-0.4, -0.2) is 8.42 Å². The van der Waals surface area contributed by atoms with E-state index in [1.807, 2.05) is 36.4 Å². The molecule has 1 radical (unpaired) electrons. The van der Waals surface area contributed by atoms with Crippen LogP contribution >= 0.6 is 9.69 Å². The van der Waals surface area contributed by atoms with E-state index in [1.165, 1.54) is 23.3 Å². The van der Waals surface area contributed by atoms with Crippen molar-refractivity contribution in [3.8, 4) is 0 Å². The molecule has 2 atom stereocenters. The number of hydrogen-bond donors (Lipinski definition) is 0. The number of aryl methyl sites for hydroxylation is 2. The molecule has 0 unspecified atom stereocenters. The van der Waals surface area contributed by atoms with E-state index in [2.05, 4.69) is 59.4 Å². The van der Waals surface area contributed by atoms with E-state index in [0.717, 1.165) is 5.56 Å². The van der Waals surface area contributed by atoms with Gasteiger partial charge in [0.05, 0.1) is 0 Å². The van der Waals surface area contributed by atoms with Crippen LogP contribution < -0.4 is 0 Å². The number of halogens is 1. The summed E-state index contributed by atoms with van der Waals surface area (Å²) >= 11 is 1.82. The fourth-order valence-electron chi connectivity index (χ4n) is 3.66. The van der Waals surface area contributed by atoms with Gasteiger partial charge in [0.2, 0.25) is 0 Å². The molecule has 200 valence electrons. The number of sulfonamides is 1. The van der Waals surface area contributed by atoms with E-state index in [9.17, 15) is 14.2 Å². The topological polar surface area (TPSA) is 70.5 Å². The van der Waals surface area contributed by atoms with Crippen molar-refractivity contribution in [2.75, 3.05) is 0 Å². The maximum absolute atomic E-state index is 12.8. The summed E-state index contributed by atoms with van der Waals surface area (Å²) in [6.07, 6.45) is 0. The van der Waals surface area contributed by atoms with Gasteiger partial charge in [-0.25, -0.2) is 8.42 Å². The molecule has 0 heterocycles. The quantitative estimate of drug-likeness (QED) is 0.190.